The SMILES string of the molecule is O=Cc1ccc2c(c1)C=C(I)C2. The Morgan fingerprint density at radius 3 is 3.00 bits per heavy atom. The molecule has 0 unspecified atom stereocenters. The summed E-state index contributed by atoms with van der Waals surface area (Å²) in [6, 6.07) is 5.84. The fraction of sp³-hybridized carbons (Fsp3) is 0.100. The summed E-state index contributed by atoms with van der Waals surface area (Å²) in [7, 11) is 0. The lowest BCUT2D eigenvalue weighted by atomic mass is 10.1. The van der Waals surface area contributed by atoms with Crippen molar-refractivity contribution < 1.29 is 4.79 Å². The molecule has 2 heteroatoms. The molecule has 0 aliphatic heterocycles. The monoisotopic (exact) mass is 270 g/mol. The number of carbonyl (C=O) groups excluding carboxylic acids is 1. The highest BCUT2D eigenvalue weighted by Gasteiger charge is 2.09. The molecule has 0 fully saturated rings. The zero-order chi connectivity index (χ0) is 8.55. The van der Waals surface area contributed by atoms with Crippen LogP contribution in [0.1, 0.15) is 21.5 Å². The minimum Gasteiger partial charge on any atom is -0.298 e. The van der Waals surface area contributed by atoms with Crippen LogP contribution in [-0.2, 0) is 6.42 Å². The molecule has 0 heterocycles. The maximum atomic E-state index is 10.5. The Labute approximate surface area is 84.6 Å². The standard InChI is InChI=1S/C10H7IO/c11-10-4-8-2-1-7(6-12)3-9(8)5-10/h1-3,5-6H,4H2. The van der Waals surface area contributed by atoms with E-state index in [9.17, 15) is 4.79 Å². The van der Waals surface area contributed by atoms with Gasteiger partial charge >= 0.3 is 0 Å². The topological polar surface area (TPSA) is 17.1 Å². The highest BCUT2D eigenvalue weighted by molar-refractivity contribution is 14.1. The number of aldehydes is 1. The summed E-state index contributed by atoms with van der Waals surface area (Å²) in [6.45, 7) is 0. The van der Waals surface area contributed by atoms with Crippen molar-refractivity contribution in [3.63, 3.8) is 0 Å². The summed E-state index contributed by atoms with van der Waals surface area (Å²) in [5.74, 6) is 0. The van der Waals surface area contributed by atoms with E-state index in [1.54, 1.807) is 0 Å². The summed E-state index contributed by atoms with van der Waals surface area (Å²) >= 11 is 2.32. The molecule has 1 aliphatic carbocycles. The van der Waals surface area contributed by atoms with Crippen LogP contribution >= 0.6 is 22.6 Å². The van der Waals surface area contributed by atoms with Gasteiger partial charge in [0.1, 0.15) is 6.29 Å². The largest absolute Gasteiger partial charge is 0.298 e. The predicted molar refractivity (Wildman–Crippen MR) is 57.5 cm³/mol. The molecular formula is C10H7IO. The average Bonchev–Trinajstić information content (AvgIpc) is 2.43. The van der Waals surface area contributed by atoms with Gasteiger partial charge in [0.05, 0.1) is 0 Å². The zero-order valence-electron chi connectivity index (χ0n) is 6.38. The van der Waals surface area contributed by atoms with Gasteiger partial charge in [0.2, 0.25) is 0 Å². The smallest absolute Gasteiger partial charge is 0.150 e. The van der Waals surface area contributed by atoms with Crippen LogP contribution in [-0.4, -0.2) is 6.29 Å². The summed E-state index contributed by atoms with van der Waals surface area (Å²) in [4.78, 5) is 10.5. The van der Waals surface area contributed by atoms with Crippen LogP contribution in [0.25, 0.3) is 6.08 Å². The second kappa shape index (κ2) is 3.01. The molecule has 0 bridgehead atoms. The Balaban J connectivity index is 2.51. The second-order valence-electron chi connectivity index (χ2n) is 2.84. The fourth-order valence-electron chi connectivity index (χ4n) is 1.38. The number of halogens is 1. The van der Waals surface area contributed by atoms with Crippen LogP contribution in [0.2, 0.25) is 0 Å². The van der Waals surface area contributed by atoms with Crippen LogP contribution in [0.5, 0.6) is 0 Å². The van der Waals surface area contributed by atoms with Gasteiger partial charge in [-0.3, -0.25) is 4.79 Å². The third-order valence-electron chi connectivity index (χ3n) is 1.98. The Hall–Kier alpha value is -0.640. The molecule has 1 aliphatic rings. The molecule has 0 saturated carbocycles. The van der Waals surface area contributed by atoms with Crippen LogP contribution in [0.15, 0.2) is 21.8 Å². The van der Waals surface area contributed by atoms with Gasteiger partial charge in [-0.1, -0.05) is 12.1 Å². The lowest BCUT2D eigenvalue weighted by molar-refractivity contribution is 0.112. The van der Waals surface area contributed by atoms with Crippen molar-refractivity contribution in [1.82, 2.24) is 0 Å². The molecule has 1 aromatic carbocycles. The van der Waals surface area contributed by atoms with Crippen LogP contribution < -0.4 is 0 Å². The van der Waals surface area contributed by atoms with Crippen molar-refractivity contribution in [2.24, 2.45) is 0 Å². The molecule has 0 spiro atoms. The van der Waals surface area contributed by atoms with E-state index in [1.807, 2.05) is 18.2 Å². The zero-order valence-corrected chi connectivity index (χ0v) is 8.54. The molecule has 0 atom stereocenters. The van der Waals surface area contributed by atoms with Gasteiger partial charge in [-0.2, -0.15) is 0 Å². The minimum absolute atomic E-state index is 0.760. The van der Waals surface area contributed by atoms with Gasteiger partial charge in [0.25, 0.3) is 0 Å². The average molecular weight is 270 g/mol. The van der Waals surface area contributed by atoms with Crippen LogP contribution in [0, 0.1) is 0 Å². The molecule has 12 heavy (non-hydrogen) atoms. The molecule has 1 aromatic rings. The Morgan fingerprint density at radius 1 is 1.42 bits per heavy atom. The molecule has 60 valence electrons. The lowest BCUT2D eigenvalue weighted by Gasteiger charge is -1.97. The highest BCUT2D eigenvalue weighted by Crippen LogP contribution is 2.28. The summed E-state index contributed by atoms with van der Waals surface area (Å²) in [5, 5.41) is 0. The molecule has 2 rings (SSSR count). The Kier molecular flexibility index (Phi) is 2.00. The number of fused-ring (bicyclic) bond motifs is 1. The first-order valence-electron chi connectivity index (χ1n) is 3.74. The van der Waals surface area contributed by atoms with Crippen molar-refractivity contribution in [2.75, 3.05) is 0 Å². The Bertz CT molecular complexity index is 366. The first kappa shape index (κ1) is 7.98. The summed E-state index contributed by atoms with van der Waals surface area (Å²) in [5.41, 5.74) is 3.28. The van der Waals surface area contributed by atoms with E-state index in [-0.39, 0.29) is 0 Å². The highest BCUT2D eigenvalue weighted by atomic mass is 127. The van der Waals surface area contributed by atoms with E-state index in [0.29, 0.717) is 0 Å². The number of hydrogen-bond acceptors (Lipinski definition) is 1. The number of allylic oxidation sites excluding steroid dienone is 1. The maximum absolute atomic E-state index is 10.5. The first-order chi connectivity index (χ1) is 5.79. The number of carbonyl (C=O) groups is 1. The van der Waals surface area contributed by atoms with Gasteiger partial charge in [0, 0.05) is 12.0 Å². The molecule has 1 nitrogen and oxygen atoms in total. The normalized spacial score (nSPS) is 13.9. The molecular weight excluding hydrogens is 263 g/mol. The van der Waals surface area contributed by atoms with E-state index in [0.717, 1.165) is 18.3 Å². The van der Waals surface area contributed by atoms with Gasteiger partial charge in [-0.05, 0) is 49.4 Å². The fourth-order valence-corrected chi connectivity index (χ4v) is 2.13. The first-order valence-corrected chi connectivity index (χ1v) is 4.81. The van der Waals surface area contributed by atoms with Crippen LogP contribution in [0.3, 0.4) is 0 Å². The summed E-state index contributed by atoms with van der Waals surface area (Å²) in [6.07, 6.45) is 4.04. The minimum atomic E-state index is 0.760. The van der Waals surface area contributed by atoms with E-state index in [1.165, 1.54) is 14.7 Å². The van der Waals surface area contributed by atoms with Gasteiger partial charge in [0.15, 0.2) is 0 Å². The Morgan fingerprint density at radius 2 is 2.25 bits per heavy atom. The molecule has 0 amide bonds. The van der Waals surface area contributed by atoms with E-state index >= 15 is 0 Å². The molecule has 0 aromatic heterocycles. The molecule has 0 saturated heterocycles. The molecule has 0 N–H and O–H groups in total. The van der Waals surface area contributed by atoms with Gasteiger partial charge in [-0.25, -0.2) is 0 Å². The third kappa shape index (κ3) is 1.31. The van der Waals surface area contributed by atoms with Crippen molar-refractivity contribution in [2.45, 2.75) is 6.42 Å². The van der Waals surface area contributed by atoms with Crippen molar-refractivity contribution in [3.8, 4) is 0 Å². The van der Waals surface area contributed by atoms with Crippen molar-refractivity contribution in [1.29, 1.82) is 0 Å². The van der Waals surface area contributed by atoms with Gasteiger partial charge in [-0.15, -0.1) is 0 Å². The lowest BCUT2D eigenvalue weighted by Crippen LogP contribution is -1.85. The van der Waals surface area contributed by atoms with Crippen molar-refractivity contribution >= 4 is 35.0 Å². The van der Waals surface area contributed by atoms with E-state index in [4.69, 9.17) is 0 Å². The third-order valence-corrected chi connectivity index (χ3v) is 2.67. The maximum Gasteiger partial charge on any atom is 0.150 e. The van der Waals surface area contributed by atoms with E-state index < -0.39 is 0 Å². The predicted octanol–water partition coefficient (Wildman–Crippen LogP) is 2.83. The quantitative estimate of drug-likeness (QED) is 0.566. The second-order valence-corrected chi connectivity index (χ2v) is 4.23. The summed E-state index contributed by atoms with van der Waals surface area (Å²) < 4.78 is 1.34. The van der Waals surface area contributed by atoms with E-state index in [2.05, 4.69) is 28.7 Å². The molecule has 0 radical (unpaired) electrons. The number of benzene rings is 1. The van der Waals surface area contributed by atoms with Crippen LogP contribution in [0.4, 0.5) is 0 Å². The number of rotatable bonds is 1. The number of hydrogen-bond donors (Lipinski definition) is 0. The van der Waals surface area contributed by atoms with Gasteiger partial charge < -0.3 is 0 Å². The van der Waals surface area contributed by atoms with Crippen molar-refractivity contribution in [3.05, 3.63) is 38.5 Å².